The van der Waals surface area contributed by atoms with Crippen LogP contribution in [-0.2, 0) is 0 Å². The average molecular weight is 291 g/mol. The second kappa shape index (κ2) is 5.38. The highest BCUT2D eigenvalue weighted by Gasteiger charge is 2.22. The van der Waals surface area contributed by atoms with Crippen molar-refractivity contribution in [2.45, 2.75) is 13.0 Å². The number of carboxylic acid groups (broad SMARTS) is 1. The molecule has 1 atom stereocenters. The van der Waals surface area contributed by atoms with Gasteiger partial charge in [-0.1, -0.05) is 18.2 Å². The van der Waals surface area contributed by atoms with Crippen LogP contribution in [0, 0.1) is 11.3 Å². The SMILES string of the molecule is CC1C=C(c2ccccc2C#N)c2cc(C(=O)O)ccc2O1. The van der Waals surface area contributed by atoms with Crippen molar-refractivity contribution in [1.29, 1.82) is 5.26 Å². The number of benzene rings is 2. The molecule has 22 heavy (non-hydrogen) atoms. The summed E-state index contributed by atoms with van der Waals surface area (Å²) in [7, 11) is 0. The molecule has 0 radical (unpaired) electrons. The Hall–Kier alpha value is -3.06. The van der Waals surface area contributed by atoms with Gasteiger partial charge in [0, 0.05) is 5.56 Å². The minimum Gasteiger partial charge on any atom is -0.486 e. The number of ether oxygens (including phenoxy) is 1. The molecule has 0 aliphatic carbocycles. The van der Waals surface area contributed by atoms with Gasteiger partial charge in [0.15, 0.2) is 0 Å². The van der Waals surface area contributed by atoms with Crippen molar-refractivity contribution in [1.82, 2.24) is 0 Å². The molecule has 1 aliphatic rings. The Morgan fingerprint density at radius 2 is 2.00 bits per heavy atom. The van der Waals surface area contributed by atoms with Crippen molar-refractivity contribution >= 4 is 11.5 Å². The molecular formula is C18H13NO3. The second-order valence-corrected chi connectivity index (χ2v) is 5.08. The van der Waals surface area contributed by atoms with Crippen LogP contribution < -0.4 is 4.74 Å². The quantitative estimate of drug-likeness (QED) is 0.919. The van der Waals surface area contributed by atoms with Crippen LogP contribution in [0.4, 0.5) is 0 Å². The number of nitriles is 1. The van der Waals surface area contributed by atoms with E-state index >= 15 is 0 Å². The average Bonchev–Trinajstić information content (AvgIpc) is 2.53. The highest BCUT2D eigenvalue weighted by atomic mass is 16.5. The molecule has 0 bridgehead atoms. The molecule has 0 saturated carbocycles. The van der Waals surface area contributed by atoms with Gasteiger partial charge in [-0.3, -0.25) is 0 Å². The van der Waals surface area contributed by atoms with Crippen LogP contribution in [0.2, 0.25) is 0 Å². The summed E-state index contributed by atoms with van der Waals surface area (Å²) in [6, 6.07) is 14.2. The minimum atomic E-state index is -0.991. The smallest absolute Gasteiger partial charge is 0.335 e. The van der Waals surface area contributed by atoms with Crippen molar-refractivity contribution in [3.05, 3.63) is 70.8 Å². The minimum absolute atomic E-state index is 0.148. The molecule has 2 aromatic carbocycles. The molecule has 108 valence electrons. The Labute approximate surface area is 127 Å². The third kappa shape index (κ3) is 2.33. The van der Waals surface area contributed by atoms with Gasteiger partial charge in [0.2, 0.25) is 0 Å². The standard InChI is InChI=1S/C18H13NO3/c1-11-8-15(14-5-3-2-4-13(14)10-19)16-9-12(18(20)21)6-7-17(16)22-11/h2-9,11H,1H3,(H,20,21). The number of aromatic carboxylic acids is 1. The molecular weight excluding hydrogens is 278 g/mol. The monoisotopic (exact) mass is 291 g/mol. The maximum Gasteiger partial charge on any atom is 0.335 e. The highest BCUT2D eigenvalue weighted by molar-refractivity contribution is 5.93. The summed E-state index contributed by atoms with van der Waals surface area (Å²) < 4.78 is 5.74. The summed E-state index contributed by atoms with van der Waals surface area (Å²) >= 11 is 0. The van der Waals surface area contributed by atoms with E-state index in [1.165, 1.54) is 6.07 Å². The van der Waals surface area contributed by atoms with Crippen LogP contribution in [0.3, 0.4) is 0 Å². The Kier molecular flexibility index (Phi) is 3.40. The number of fused-ring (bicyclic) bond motifs is 1. The van der Waals surface area contributed by atoms with Crippen molar-refractivity contribution in [3.8, 4) is 11.8 Å². The van der Waals surface area contributed by atoms with Gasteiger partial charge < -0.3 is 9.84 Å². The van der Waals surface area contributed by atoms with Crippen molar-refractivity contribution < 1.29 is 14.6 Å². The number of rotatable bonds is 2. The van der Waals surface area contributed by atoms with E-state index in [9.17, 15) is 15.2 Å². The Balaban J connectivity index is 2.23. The molecule has 2 aromatic rings. The molecule has 0 fully saturated rings. The van der Waals surface area contributed by atoms with Gasteiger partial charge in [0.05, 0.1) is 17.2 Å². The van der Waals surface area contributed by atoms with Crippen LogP contribution in [0.15, 0.2) is 48.5 Å². The summed E-state index contributed by atoms with van der Waals surface area (Å²) in [6.45, 7) is 1.91. The van der Waals surface area contributed by atoms with E-state index in [0.29, 0.717) is 16.9 Å². The molecule has 0 spiro atoms. The first-order valence-corrected chi connectivity index (χ1v) is 6.86. The van der Waals surface area contributed by atoms with Gasteiger partial charge >= 0.3 is 5.97 Å². The van der Waals surface area contributed by atoms with E-state index in [2.05, 4.69) is 6.07 Å². The summed E-state index contributed by atoms with van der Waals surface area (Å²) in [5, 5.41) is 18.5. The van der Waals surface area contributed by atoms with E-state index in [-0.39, 0.29) is 11.7 Å². The molecule has 4 heteroatoms. The fourth-order valence-corrected chi connectivity index (χ4v) is 2.59. The van der Waals surface area contributed by atoms with Gasteiger partial charge in [-0.15, -0.1) is 0 Å². The zero-order valence-corrected chi connectivity index (χ0v) is 11.9. The normalized spacial score (nSPS) is 16.0. The maximum absolute atomic E-state index is 11.2. The molecule has 1 unspecified atom stereocenters. The predicted octanol–water partition coefficient (Wildman–Crippen LogP) is 3.47. The maximum atomic E-state index is 11.2. The lowest BCUT2D eigenvalue weighted by molar-refractivity contribution is 0.0697. The number of carboxylic acids is 1. The first-order chi connectivity index (χ1) is 10.6. The number of hydrogen-bond donors (Lipinski definition) is 1. The lowest BCUT2D eigenvalue weighted by Crippen LogP contribution is -2.16. The molecule has 0 saturated heterocycles. The van der Waals surface area contributed by atoms with E-state index in [1.807, 2.05) is 25.1 Å². The van der Waals surface area contributed by atoms with E-state index in [4.69, 9.17) is 4.74 Å². The number of nitrogens with zero attached hydrogens (tertiary/aromatic N) is 1. The van der Waals surface area contributed by atoms with Crippen LogP contribution in [0.5, 0.6) is 5.75 Å². The molecule has 3 rings (SSSR count). The molecule has 1 heterocycles. The third-order valence-corrected chi connectivity index (χ3v) is 3.57. The van der Waals surface area contributed by atoms with E-state index in [0.717, 1.165) is 11.1 Å². The van der Waals surface area contributed by atoms with E-state index in [1.54, 1.807) is 24.3 Å². The first kappa shape index (κ1) is 13.9. The van der Waals surface area contributed by atoms with Crippen molar-refractivity contribution in [2.24, 2.45) is 0 Å². The Morgan fingerprint density at radius 1 is 1.23 bits per heavy atom. The van der Waals surface area contributed by atoms with Gasteiger partial charge in [0.25, 0.3) is 0 Å². The summed E-state index contributed by atoms with van der Waals surface area (Å²) in [5.41, 5.74) is 3.05. The van der Waals surface area contributed by atoms with Gasteiger partial charge in [0.1, 0.15) is 11.9 Å². The topological polar surface area (TPSA) is 70.3 Å². The number of hydrogen-bond acceptors (Lipinski definition) is 3. The van der Waals surface area contributed by atoms with Gasteiger partial charge in [-0.05, 0) is 48.4 Å². The largest absolute Gasteiger partial charge is 0.486 e. The lowest BCUT2D eigenvalue weighted by atomic mass is 9.90. The van der Waals surface area contributed by atoms with Gasteiger partial charge in [-0.25, -0.2) is 4.79 Å². The molecule has 0 aromatic heterocycles. The first-order valence-electron chi connectivity index (χ1n) is 6.86. The highest BCUT2D eigenvalue weighted by Crippen LogP contribution is 2.37. The predicted molar refractivity (Wildman–Crippen MR) is 81.7 cm³/mol. The van der Waals surface area contributed by atoms with Crippen LogP contribution >= 0.6 is 0 Å². The lowest BCUT2D eigenvalue weighted by Gasteiger charge is -2.24. The van der Waals surface area contributed by atoms with E-state index < -0.39 is 5.97 Å². The zero-order chi connectivity index (χ0) is 15.7. The fourth-order valence-electron chi connectivity index (χ4n) is 2.59. The van der Waals surface area contributed by atoms with Gasteiger partial charge in [-0.2, -0.15) is 5.26 Å². The summed E-state index contributed by atoms with van der Waals surface area (Å²) in [5.74, 6) is -0.364. The van der Waals surface area contributed by atoms with Crippen molar-refractivity contribution in [3.63, 3.8) is 0 Å². The molecule has 1 aliphatic heterocycles. The van der Waals surface area contributed by atoms with Crippen LogP contribution in [0.1, 0.15) is 34.0 Å². The fraction of sp³-hybridized carbons (Fsp3) is 0.111. The zero-order valence-electron chi connectivity index (χ0n) is 11.9. The third-order valence-electron chi connectivity index (χ3n) is 3.57. The van der Waals surface area contributed by atoms with Crippen LogP contribution in [-0.4, -0.2) is 17.2 Å². The molecule has 4 nitrogen and oxygen atoms in total. The Bertz CT molecular complexity index is 830. The Morgan fingerprint density at radius 3 is 2.73 bits per heavy atom. The van der Waals surface area contributed by atoms with Crippen molar-refractivity contribution in [2.75, 3.05) is 0 Å². The summed E-state index contributed by atoms with van der Waals surface area (Å²) in [6.07, 6.45) is 1.76. The second-order valence-electron chi connectivity index (χ2n) is 5.08. The van der Waals surface area contributed by atoms with Crippen LogP contribution in [0.25, 0.3) is 5.57 Å². The number of carbonyl (C=O) groups is 1. The molecule has 0 amide bonds. The summed E-state index contributed by atoms with van der Waals surface area (Å²) in [4.78, 5) is 11.2. The molecule has 1 N–H and O–H groups in total.